The molecule has 34 heavy (non-hydrogen) atoms. The van der Waals surface area contributed by atoms with Crippen LogP contribution in [0.1, 0.15) is 42.5 Å². The van der Waals surface area contributed by atoms with E-state index in [1.54, 1.807) is 14.0 Å². The lowest BCUT2D eigenvalue weighted by molar-refractivity contribution is 0.00846. The lowest BCUT2D eigenvalue weighted by atomic mass is 9.68. The van der Waals surface area contributed by atoms with E-state index in [1.165, 1.54) is 33.4 Å². The maximum absolute atomic E-state index is 10.3. The van der Waals surface area contributed by atoms with Gasteiger partial charge in [-0.15, -0.1) is 0 Å². The van der Waals surface area contributed by atoms with Gasteiger partial charge in [0.2, 0.25) is 0 Å². The third-order valence-electron chi connectivity index (χ3n) is 7.07. The van der Waals surface area contributed by atoms with E-state index in [0.29, 0.717) is 6.42 Å². The molecule has 0 bridgehead atoms. The summed E-state index contributed by atoms with van der Waals surface area (Å²) in [5.41, 5.74) is 6.12. The van der Waals surface area contributed by atoms with Crippen molar-refractivity contribution < 1.29 is 14.6 Å². The molecule has 0 fully saturated rings. The quantitative estimate of drug-likeness (QED) is 0.304. The van der Waals surface area contributed by atoms with E-state index in [-0.39, 0.29) is 6.61 Å². The summed E-state index contributed by atoms with van der Waals surface area (Å²) in [5, 5.41) is 10.3. The van der Waals surface area contributed by atoms with E-state index >= 15 is 0 Å². The number of ether oxygens (including phenoxy) is 2. The van der Waals surface area contributed by atoms with Crippen molar-refractivity contribution in [1.82, 2.24) is 0 Å². The van der Waals surface area contributed by atoms with Crippen LogP contribution in [0.25, 0.3) is 11.1 Å². The van der Waals surface area contributed by atoms with Crippen LogP contribution in [0.3, 0.4) is 0 Å². The molecule has 3 nitrogen and oxygen atoms in total. The Hall–Kier alpha value is -3.56. The zero-order valence-electron chi connectivity index (χ0n) is 19.9. The Kier molecular flexibility index (Phi) is 5.66. The molecule has 1 aliphatic carbocycles. The van der Waals surface area contributed by atoms with Gasteiger partial charge in [0.1, 0.15) is 18.1 Å². The number of hydrogen-bond donors (Lipinski definition) is 1. The Morgan fingerprint density at radius 1 is 0.706 bits per heavy atom. The predicted molar refractivity (Wildman–Crippen MR) is 137 cm³/mol. The molecule has 0 heterocycles. The fourth-order valence-corrected chi connectivity index (χ4v) is 5.01. The van der Waals surface area contributed by atoms with Crippen molar-refractivity contribution in [3.63, 3.8) is 0 Å². The third-order valence-corrected chi connectivity index (χ3v) is 7.07. The number of methoxy groups -OCH3 is 1. The highest BCUT2D eigenvalue weighted by Gasteiger charge is 2.45. The minimum absolute atomic E-state index is 0.262. The Bertz CT molecular complexity index is 1240. The SMILES string of the molecule is CCC(C)(O)COc1ccc(C2(c3ccc(OC)cc3)c3ccccc3-c3ccccc32)cc1. The van der Waals surface area contributed by atoms with Crippen molar-refractivity contribution in [1.29, 1.82) is 0 Å². The molecule has 0 saturated heterocycles. The maximum atomic E-state index is 10.3. The predicted octanol–water partition coefficient (Wildman–Crippen LogP) is 6.60. The van der Waals surface area contributed by atoms with Crippen molar-refractivity contribution in [2.24, 2.45) is 0 Å². The Balaban J connectivity index is 1.68. The number of fused-ring (bicyclic) bond motifs is 3. The molecular formula is C31H30O3. The average molecular weight is 451 g/mol. The van der Waals surface area contributed by atoms with E-state index in [9.17, 15) is 5.11 Å². The van der Waals surface area contributed by atoms with Gasteiger partial charge in [-0.25, -0.2) is 0 Å². The smallest absolute Gasteiger partial charge is 0.119 e. The fraction of sp³-hybridized carbons (Fsp3) is 0.226. The zero-order chi connectivity index (χ0) is 23.8. The molecule has 0 aliphatic heterocycles. The van der Waals surface area contributed by atoms with E-state index in [0.717, 1.165) is 11.5 Å². The Morgan fingerprint density at radius 2 is 1.18 bits per heavy atom. The van der Waals surface area contributed by atoms with Crippen molar-refractivity contribution in [2.75, 3.05) is 13.7 Å². The Morgan fingerprint density at radius 3 is 1.65 bits per heavy atom. The minimum Gasteiger partial charge on any atom is -0.497 e. The maximum Gasteiger partial charge on any atom is 0.119 e. The molecule has 0 spiro atoms. The second-order valence-corrected chi connectivity index (χ2v) is 9.23. The number of benzene rings is 4. The van der Waals surface area contributed by atoms with Gasteiger partial charge in [0.05, 0.1) is 18.1 Å². The second kappa shape index (κ2) is 8.66. The van der Waals surface area contributed by atoms with Gasteiger partial charge in [-0.2, -0.15) is 0 Å². The topological polar surface area (TPSA) is 38.7 Å². The minimum atomic E-state index is -0.841. The first-order valence-electron chi connectivity index (χ1n) is 11.8. The first-order chi connectivity index (χ1) is 16.5. The summed E-state index contributed by atoms with van der Waals surface area (Å²) in [7, 11) is 1.69. The second-order valence-electron chi connectivity index (χ2n) is 9.23. The van der Waals surface area contributed by atoms with E-state index in [2.05, 4.69) is 72.8 Å². The zero-order valence-corrected chi connectivity index (χ0v) is 19.9. The molecule has 0 amide bonds. The molecular weight excluding hydrogens is 420 g/mol. The molecule has 3 heteroatoms. The van der Waals surface area contributed by atoms with Crippen LogP contribution in [0.4, 0.5) is 0 Å². The van der Waals surface area contributed by atoms with Crippen molar-refractivity contribution in [2.45, 2.75) is 31.3 Å². The van der Waals surface area contributed by atoms with Crippen LogP contribution in [0.15, 0.2) is 97.1 Å². The fourth-order valence-electron chi connectivity index (χ4n) is 5.01. The van der Waals surface area contributed by atoms with Crippen LogP contribution >= 0.6 is 0 Å². The van der Waals surface area contributed by atoms with E-state index < -0.39 is 11.0 Å². The monoisotopic (exact) mass is 450 g/mol. The molecule has 172 valence electrons. The molecule has 1 aliphatic rings. The van der Waals surface area contributed by atoms with Crippen LogP contribution < -0.4 is 9.47 Å². The van der Waals surface area contributed by atoms with Crippen molar-refractivity contribution in [3.05, 3.63) is 119 Å². The number of hydrogen-bond acceptors (Lipinski definition) is 3. The first-order valence-corrected chi connectivity index (χ1v) is 11.8. The number of aliphatic hydroxyl groups is 1. The normalized spacial score (nSPS) is 15.2. The molecule has 4 aromatic carbocycles. The summed E-state index contributed by atoms with van der Waals surface area (Å²) in [5.74, 6) is 1.59. The molecule has 0 aromatic heterocycles. The molecule has 1 atom stereocenters. The summed E-state index contributed by atoms with van der Waals surface area (Å²) >= 11 is 0. The molecule has 1 N–H and O–H groups in total. The summed E-state index contributed by atoms with van der Waals surface area (Å²) in [6.45, 7) is 4.02. The number of rotatable bonds is 7. The highest BCUT2D eigenvalue weighted by molar-refractivity contribution is 5.86. The van der Waals surface area contributed by atoms with Gasteiger partial charge in [0.25, 0.3) is 0 Å². The molecule has 1 unspecified atom stereocenters. The lowest BCUT2D eigenvalue weighted by Crippen LogP contribution is -2.31. The van der Waals surface area contributed by atoms with Gasteiger partial charge in [-0.05, 0) is 71.0 Å². The van der Waals surface area contributed by atoms with Crippen molar-refractivity contribution >= 4 is 0 Å². The van der Waals surface area contributed by atoms with E-state index in [4.69, 9.17) is 9.47 Å². The standard InChI is InChI=1S/C31H30O3/c1-4-30(2,32)21-34-25-19-15-23(16-20-25)31(22-13-17-24(33-3)18-14-22)28-11-7-5-9-26(28)27-10-6-8-12-29(27)31/h5-20,32H,4,21H2,1-3H3. The first kappa shape index (κ1) is 22.2. The van der Waals surface area contributed by atoms with Gasteiger partial charge in [0, 0.05) is 0 Å². The summed E-state index contributed by atoms with van der Waals surface area (Å²) in [6, 6.07) is 34.1. The van der Waals surface area contributed by atoms with Gasteiger partial charge in [-0.3, -0.25) is 0 Å². The van der Waals surface area contributed by atoms with Crippen LogP contribution in [0, 0.1) is 0 Å². The van der Waals surface area contributed by atoms with Gasteiger partial charge in [-0.1, -0.05) is 79.7 Å². The van der Waals surface area contributed by atoms with Gasteiger partial charge in [0.15, 0.2) is 0 Å². The van der Waals surface area contributed by atoms with Gasteiger partial charge >= 0.3 is 0 Å². The largest absolute Gasteiger partial charge is 0.497 e. The van der Waals surface area contributed by atoms with Crippen LogP contribution in [-0.2, 0) is 5.41 Å². The highest BCUT2D eigenvalue weighted by Crippen LogP contribution is 2.56. The molecule has 4 aromatic rings. The third kappa shape index (κ3) is 3.57. The van der Waals surface area contributed by atoms with Crippen LogP contribution in [0.5, 0.6) is 11.5 Å². The summed E-state index contributed by atoms with van der Waals surface area (Å²) in [6.07, 6.45) is 0.638. The molecule has 0 radical (unpaired) electrons. The molecule has 5 rings (SSSR count). The Labute approximate surface area is 201 Å². The summed E-state index contributed by atoms with van der Waals surface area (Å²) < 4.78 is 11.4. The van der Waals surface area contributed by atoms with E-state index in [1.807, 2.05) is 31.2 Å². The van der Waals surface area contributed by atoms with Crippen LogP contribution in [-0.4, -0.2) is 24.4 Å². The highest BCUT2D eigenvalue weighted by atomic mass is 16.5. The van der Waals surface area contributed by atoms with Crippen molar-refractivity contribution in [3.8, 4) is 22.6 Å². The summed E-state index contributed by atoms with van der Waals surface area (Å²) in [4.78, 5) is 0. The lowest BCUT2D eigenvalue weighted by Gasteiger charge is -2.34. The average Bonchev–Trinajstić information content (AvgIpc) is 3.19. The molecule has 0 saturated carbocycles. The van der Waals surface area contributed by atoms with Crippen LogP contribution in [0.2, 0.25) is 0 Å². The van der Waals surface area contributed by atoms with Gasteiger partial charge < -0.3 is 14.6 Å².